The van der Waals surface area contributed by atoms with Gasteiger partial charge in [0.25, 0.3) is 11.5 Å². The number of anilines is 2. The summed E-state index contributed by atoms with van der Waals surface area (Å²) in [5, 5.41) is 8.31. The number of carbonyl (C=O) groups excluding carboxylic acids is 1. The highest BCUT2D eigenvalue weighted by Gasteiger charge is 2.67. The van der Waals surface area contributed by atoms with E-state index in [0.29, 0.717) is 31.5 Å². The number of ether oxygens (including phenoxy) is 1. The zero-order valence-electron chi connectivity index (χ0n) is 18.4. The molecule has 4 aliphatic rings. The second-order valence-corrected chi connectivity index (χ2v) is 9.08. The average molecular weight is 519 g/mol. The standard InChI is InChI=1S/C20H19F6N7O3/c21-19(22,23)11-6-27-16(28-7-11)33-3-1-32(2-4-33)15(35)18-8-17(9-18,10-36-18)29-13-5-12(20(24,25)26)14(34)31-30-13/h5-7H,1-4,8-10H2,(H,29,30)(H,31,34). The van der Waals surface area contributed by atoms with Crippen LogP contribution < -0.4 is 15.8 Å². The molecule has 0 unspecified atom stereocenters. The van der Waals surface area contributed by atoms with E-state index in [1.54, 1.807) is 9.80 Å². The van der Waals surface area contributed by atoms with E-state index in [1.165, 1.54) is 0 Å². The van der Waals surface area contributed by atoms with Gasteiger partial charge in [0.2, 0.25) is 5.95 Å². The summed E-state index contributed by atoms with van der Waals surface area (Å²) in [4.78, 5) is 35.4. The normalized spacial score (nSPS) is 26.1. The number of halogens is 6. The van der Waals surface area contributed by atoms with Crippen molar-refractivity contribution in [2.75, 3.05) is 43.0 Å². The average Bonchev–Trinajstić information content (AvgIpc) is 3.35. The zero-order valence-corrected chi connectivity index (χ0v) is 18.4. The molecule has 194 valence electrons. The van der Waals surface area contributed by atoms with E-state index in [-0.39, 0.29) is 50.2 Å². The number of nitrogens with zero attached hydrogens (tertiary/aromatic N) is 5. The zero-order chi connectivity index (χ0) is 25.9. The largest absolute Gasteiger partial charge is 0.421 e. The van der Waals surface area contributed by atoms with Crippen molar-refractivity contribution in [2.24, 2.45) is 0 Å². The van der Waals surface area contributed by atoms with Crippen molar-refractivity contribution < 1.29 is 35.9 Å². The number of nitrogens with one attached hydrogen (secondary N) is 2. The molecule has 4 fully saturated rings. The van der Waals surface area contributed by atoms with Gasteiger partial charge in [0, 0.05) is 57.5 Å². The van der Waals surface area contributed by atoms with Crippen LogP contribution in [-0.4, -0.2) is 74.9 Å². The molecule has 1 aliphatic carbocycles. The van der Waals surface area contributed by atoms with Crippen LogP contribution in [0.3, 0.4) is 0 Å². The molecule has 3 aliphatic heterocycles. The molecule has 0 spiro atoms. The highest BCUT2D eigenvalue weighted by Crippen LogP contribution is 2.54. The Morgan fingerprint density at radius 3 is 2.25 bits per heavy atom. The van der Waals surface area contributed by atoms with Gasteiger partial charge in [0.15, 0.2) is 5.60 Å². The van der Waals surface area contributed by atoms with Crippen LogP contribution in [0.4, 0.5) is 38.1 Å². The Morgan fingerprint density at radius 2 is 1.67 bits per heavy atom. The number of hydrogen-bond donors (Lipinski definition) is 2. The number of amides is 1. The predicted octanol–water partition coefficient (Wildman–Crippen LogP) is 1.66. The fourth-order valence-corrected chi connectivity index (χ4v) is 4.84. The topological polar surface area (TPSA) is 116 Å². The van der Waals surface area contributed by atoms with Gasteiger partial charge < -0.3 is 19.9 Å². The first kappa shape index (κ1) is 24.3. The number of carbonyl (C=O) groups is 1. The van der Waals surface area contributed by atoms with Crippen molar-refractivity contribution in [3.63, 3.8) is 0 Å². The van der Waals surface area contributed by atoms with Crippen LogP contribution in [0.2, 0.25) is 0 Å². The van der Waals surface area contributed by atoms with Gasteiger partial charge in [-0.1, -0.05) is 0 Å². The monoisotopic (exact) mass is 519 g/mol. The third-order valence-corrected chi connectivity index (χ3v) is 6.58. The summed E-state index contributed by atoms with van der Waals surface area (Å²) in [6.07, 6.45) is -7.54. The first-order chi connectivity index (χ1) is 16.8. The Morgan fingerprint density at radius 1 is 1.03 bits per heavy atom. The highest BCUT2D eigenvalue weighted by atomic mass is 19.4. The smallest absolute Gasteiger partial charge is 0.363 e. The number of rotatable bonds is 4. The first-order valence-corrected chi connectivity index (χ1v) is 10.8. The lowest BCUT2D eigenvalue weighted by Crippen LogP contribution is -2.63. The molecule has 2 N–H and O–H groups in total. The maximum Gasteiger partial charge on any atom is 0.421 e. The van der Waals surface area contributed by atoms with Crippen LogP contribution >= 0.6 is 0 Å². The lowest BCUT2D eigenvalue weighted by Gasteiger charge is -2.47. The third kappa shape index (κ3) is 4.22. The molecule has 3 saturated heterocycles. The van der Waals surface area contributed by atoms with Crippen LogP contribution in [0, 0.1) is 0 Å². The Balaban J connectivity index is 1.19. The quantitative estimate of drug-likeness (QED) is 0.587. The number of aromatic amines is 1. The number of alkyl halides is 6. The van der Waals surface area contributed by atoms with Crippen LogP contribution in [0.25, 0.3) is 0 Å². The van der Waals surface area contributed by atoms with E-state index < -0.39 is 40.2 Å². The summed E-state index contributed by atoms with van der Waals surface area (Å²) < 4.78 is 82.9. The first-order valence-electron chi connectivity index (χ1n) is 10.8. The van der Waals surface area contributed by atoms with Crippen molar-refractivity contribution in [3.05, 3.63) is 39.9 Å². The van der Waals surface area contributed by atoms with Crippen LogP contribution in [-0.2, 0) is 21.9 Å². The number of piperazine rings is 1. The number of aromatic nitrogens is 4. The van der Waals surface area contributed by atoms with E-state index in [2.05, 4.69) is 20.4 Å². The maximum atomic E-state index is 13.2. The van der Waals surface area contributed by atoms with Gasteiger partial charge in [-0.15, -0.1) is 0 Å². The lowest BCUT2D eigenvalue weighted by molar-refractivity contribution is -0.155. The Kier molecular flexibility index (Phi) is 5.42. The van der Waals surface area contributed by atoms with Gasteiger partial charge >= 0.3 is 12.4 Å². The van der Waals surface area contributed by atoms with Gasteiger partial charge in [-0.2, -0.15) is 31.4 Å². The van der Waals surface area contributed by atoms with Crippen molar-refractivity contribution in [1.82, 2.24) is 25.1 Å². The van der Waals surface area contributed by atoms with E-state index in [1.807, 2.05) is 5.10 Å². The molecule has 0 radical (unpaired) electrons. The van der Waals surface area contributed by atoms with Gasteiger partial charge in [0.05, 0.1) is 17.7 Å². The summed E-state index contributed by atoms with van der Waals surface area (Å²) in [5.41, 5.74) is -5.60. The Labute approximate surface area is 198 Å². The molecular formula is C20H19F6N7O3. The van der Waals surface area contributed by atoms with Crippen LogP contribution in [0.1, 0.15) is 24.0 Å². The SMILES string of the molecule is O=C(N1CCN(c2ncc(C(F)(F)F)cn2)CC1)C12CC(Nc3cc(C(F)(F)F)c(=O)[nH]n3)(CO1)C2. The minimum Gasteiger partial charge on any atom is -0.363 e. The molecule has 2 bridgehead atoms. The molecule has 0 atom stereocenters. The number of fused-ring (bicyclic) bond motifs is 1. The third-order valence-electron chi connectivity index (χ3n) is 6.58. The van der Waals surface area contributed by atoms with Gasteiger partial charge in [-0.25, -0.2) is 15.1 Å². The van der Waals surface area contributed by atoms with Crippen molar-refractivity contribution >= 4 is 17.7 Å². The second-order valence-electron chi connectivity index (χ2n) is 9.08. The van der Waals surface area contributed by atoms with Crippen molar-refractivity contribution in [3.8, 4) is 0 Å². The fourth-order valence-electron chi connectivity index (χ4n) is 4.84. The summed E-state index contributed by atoms with van der Waals surface area (Å²) in [6, 6.07) is 0.621. The Hall–Kier alpha value is -3.43. The highest BCUT2D eigenvalue weighted by molar-refractivity contribution is 5.88. The van der Waals surface area contributed by atoms with Gasteiger partial charge in [-0.05, 0) is 0 Å². The van der Waals surface area contributed by atoms with Crippen LogP contribution in [0.15, 0.2) is 23.3 Å². The second kappa shape index (κ2) is 8.04. The minimum absolute atomic E-state index is 0.0697. The van der Waals surface area contributed by atoms with Crippen molar-refractivity contribution in [1.29, 1.82) is 0 Å². The fraction of sp³-hybridized carbons (Fsp3) is 0.550. The van der Waals surface area contributed by atoms with E-state index in [9.17, 15) is 35.9 Å². The minimum atomic E-state index is -4.84. The molecule has 0 aromatic carbocycles. The lowest BCUT2D eigenvalue weighted by atomic mass is 9.67. The molecule has 2 aromatic heterocycles. The molecule has 1 amide bonds. The van der Waals surface area contributed by atoms with E-state index >= 15 is 0 Å². The van der Waals surface area contributed by atoms with E-state index in [4.69, 9.17) is 4.74 Å². The molecule has 2 aromatic rings. The summed E-state index contributed by atoms with van der Waals surface area (Å²) in [6.45, 7) is 1.22. The number of hydrogen-bond acceptors (Lipinski definition) is 8. The molecule has 5 heterocycles. The predicted molar refractivity (Wildman–Crippen MR) is 110 cm³/mol. The van der Waals surface area contributed by atoms with Crippen molar-refractivity contribution in [2.45, 2.75) is 36.3 Å². The maximum absolute atomic E-state index is 13.2. The molecule has 36 heavy (non-hydrogen) atoms. The molecular weight excluding hydrogens is 500 g/mol. The molecule has 16 heteroatoms. The van der Waals surface area contributed by atoms with Gasteiger partial charge in [0.1, 0.15) is 11.4 Å². The van der Waals surface area contributed by atoms with Crippen LogP contribution in [0.5, 0.6) is 0 Å². The molecule has 1 saturated carbocycles. The summed E-state index contributed by atoms with van der Waals surface area (Å²) in [5.74, 6) is -0.321. The molecule has 6 rings (SSSR count). The summed E-state index contributed by atoms with van der Waals surface area (Å²) >= 11 is 0. The number of H-pyrrole nitrogens is 1. The summed E-state index contributed by atoms with van der Waals surface area (Å²) in [7, 11) is 0. The molecule has 10 nitrogen and oxygen atoms in total. The van der Waals surface area contributed by atoms with Gasteiger partial charge in [-0.3, -0.25) is 9.59 Å². The van der Waals surface area contributed by atoms with E-state index in [0.717, 1.165) is 0 Å². The Bertz CT molecular complexity index is 1220.